The highest BCUT2D eigenvalue weighted by atomic mass is 16.4. The maximum Gasteiger partial charge on any atom is 0.317 e. The number of amides is 2. The predicted molar refractivity (Wildman–Crippen MR) is 69.4 cm³/mol. The van der Waals surface area contributed by atoms with Gasteiger partial charge in [-0.1, -0.05) is 12.8 Å². The van der Waals surface area contributed by atoms with Gasteiger partial charge in [-0.25, -0.2) is 4.79 Å². The van der Waals surface area contributed by atoms with Crippen LogP contribution in [0, 0.1) is 17.2 Å². The van der Waals surface area contributed by atoms with Crippen LogP contribution in [0.1, 0.15) is 39.0 Å². The van der Waals surface area contributed by atoms with Gasteiger partial charge in [0.25, 0.3) is 0 Å². The van der Waals surface area contributed by atoms with Crippen molar-refractivity contribution in [2.75, 3.05) is 13.1 Å². The molecule has 2 unspecified atom stereocenters. The smallest absolute Gasteiger partial charge is 0.317 e. The standard InChI is InChI=1S/C13H21N3O3/c1-2-16(9-5-8-14)13(19)15-11-7-4-3-6-10(11)12(17)18/h10-11H,2-7,9H2,1H3,(H,15,19)(H,17,18). The number of carbonyl (C=O) groups excluding carboxylic acids is 1. The quantitative estimate of drug-likeness (QED) is 0.790. The molecule has 0 heterocycles. The molecule has 0 aromatic carbocycles. The van der Waals surface area contributed by atoms with Crippen LogP contribution in [0.2, 0.25) is 0 Å². The molecule has 19 heavy (non-hydrogen) atoms. The lowest BCUT2D eigenvalue weighted by molar-refractivity contribution is -0.143. The van der Waals surface area contributed by atoms with Crippen molar-refractivity contribution >= 4 is 12.0 Å². The SMILES string of the molecule is CCN(CCC#N)C(=O)NC1CCCCC1C(=O)O. The number of hydrogen-bond acceptors (Lipinski definition) is 3. The number of hydrogen-bond donors (Lipinski definition) is 2. The summed E-state index contributed by atoms with van der Waals surface area (Å²) in [5, 5.41) is 20.5. The van der Waals surface area contributed by atoms with Crippen molar-refractivity contribution in [3.63, 3.8) is 0 Å². The highest BCUT2D eigenvalue weighted by Gasteiger charge is 2.32. The summed E-state index contributed by atoms with van der Waals surface area (Å²) in [7, 11) is 0. The maximum atomic E-state index is 12.0. The average Bonchev–Trinajstić information content (AvgIpc) is 2.40. The molecule has 0 spiro atoms. The Hall–Kier alpha value is -1.77. The van der Waals surface area contributed by atoms with Gasteiger partial charge in [0.15, 0.2) is 0 Å². The Kier molecular flexibility index (Phi) is 6.13. The number of carboxylic acid groups (broad SMARTS) is 1. The van der Waals surface area contributed by atoms with Crippen LogP contribution in [0.25, 0.3) is 0 Å². The molecule has 1 saturated carbocycles. The Morgan fingerprint density at radius 2 is 2.11 bits per heavy atom. The van der Waals surface area contributed by atoms with Crippen LogP contribution < -0.4 is 5.32 Å². The van der Waals surface area contributed by atoms with E-state index < -0.39 is 11.9 Å². The largest absolute Gasteiger partial charge is 0.481 e. The second-order valence-electron chi connectivity index (χ2n) is 4.77. The molecule has 0 aliphatic heterocycles. The molecule has 2 amide bonds. The third-order valence-corrected chi connectivity index (χ3v) is 3.55. The van der Waals surface area contributed by atoms with Gasteiger partial charge in [0.1, 0.15) is 0 Å². The van der Waals surface area contributed by atoms with Crippen LogP contribution >= 0.6 is 0 Å². The minimum absolute atomic E-state index is 0.268. The summed E-state index contributed by atoms with van der Waals surface area (Å²) in [6.45, 7) is 2.73. The number of nitrogens with zero attached hydrogens (tertiary/aromatic N) is 2. The van der Waals surface area contributed by atoms with Gasteiger partial charge in [0.2, 0.25) is 0 Å². The molecule has 6 heteroatoms. The summed E-state index contributed by atoms with van der Waals surface area (Å²) in [4.78, 5) is 24.7. The fourth-order valence-corrected chi connectivity index (χ4v) is 2.44. The number of carbonyl (C=O) groups is 2. The highest BCUT2D eigenvalue weighted by Crippen LogP contribution is 2.24. The molecular weight excluding hydrogens is 246 g/mol. The highest BCUT2D eigenvalue weighted by molar-refractivity contribution is 5.77. The fourth-order valence-electron chi connectivity index (χ4n) is 2.44. The van der Waals surface area contributed by atoms with E-state index in [0.29, 0.717) is 25.9 Å². The minimum atomic E-state index is -0.843. The third kappa shape index (κ3) is 4.43. The second kappa shape index (κ2) is 7.62. The zero-order valence-electron chi connectivity index (χ0n) is 11.3. The van der Waals surface area contributed by atoms with E-state index in [2.05, 4.69) is 5.32 Å². The van der Waals surface area contributed by atoms with Gasteiger partial charge in [0.05, 0.1) is 18.4 Å². The molecule has 0 radical (unpaired) electrons. The first-order valence-electron chi connectivity index (χ1n) is 6.75. The van der Waals surface area contributed by atoms with Crippen molar-refractivity contribution in [2.24, 2.45) is 5.92 Å². The van der Waals surface area contributed by atoms with Crippen molar-refractivity contribution in [3.8, 4) is 6.07 Å². The van der Waals surface area contributed by atoms with Gasteiger partial charge in [-0.05, 0) is 19.8 Å². The Morgan fingerprint density at radius 1 is 1.42 bits per heavy atom. The van der Waals surface area contributed by atoms with Gasteiger partial charge >= 0.3 is 12.0 Å². The number of carboxylic acids is 1. The predicted octanol–water partition coefficient (Wildman–Crippen LogP) is 1.57. The number of rotatable bonds is 5. The Labute approximate surface area is 113 Å². The molecule has 0 saturated heterocycles. The van der Waals surface area contributed by atoms with E-state index in [1.165, 1.54) is 4.90 Å². The van der Waals surface area contributed by atoms with E-state index in [-0.39, 0.29) is 18.5 Å². The summed E-state index contributed by atoms with van der Waals surface area (Å²) in [5.41, 5.74) is 0. The minimum Gasteiger partial charge on any atom is -0.481 e. The van der Waals surface area contributed by atoms with E-state index >= 15 is 0 Å². The Bertz CT molecular complexity index is 365. The van der Waals surface area contributed by atoms with E-state index in [1.807, 2.05) is 13.0 Å². The van der Waals surface area contributed by atoms with E-state index in [0.717, 1.165) is 12.8 Å². The molecule has 1 aliphatic carbocycles. The van der Waals surface area contributed by atoms with Gasteiger partial charge in [0, 0.05) is 19.1 Å². The topological polar surface area (TPSA) is 93.4 Å². The van der Waals surface area contributed by atoms with Gasteiger partial charge in [-0.3, -0.25) is 4.79 Å². The number of nitriles is 1. The normalized spacial score (nSPS) is 22.3. The van der Waals surface area contributed by atoms with E-state index in [4.69, 9.17) is 10.4 Å². The van der Waals surface area contributed by atoms with Crippen molar-refractivity contribution < 1.29 is 14.7 Å². The zero-order valence-corrected chi connectivity index (χ0v) is 11.3. The van der Waals surface area contributed by atoms with Crippen molar-refractivity contribution in [1.82, 2.24) is 10.2 Å². The lowest BCUT2D eigenvalue weighted by Crippen LogP contribution is -2.50. The van der Waals surface area contributed by atoms with Crippen LogP contribution in [-0.4, -0.2) is 41.1 Å². The van der Waals surface area contributed by atoms with Crippen molar-refractivity contribution in [1.29, 1.82) is 5.26 Å². The molecule has 0 bridgehead atoms. The van der Waals surface area contributed by atoms with Crippen LogP contribution in [0.5, 0.6) is 0 Å². The molecule has 106 valence electrons. The van der Waals surface area contributed by atoms with Crippen LogP contribution in [-0.2, 0) is 4.79 Å². The molecule has 1 fully saturated rings. The Balaban J connectivity index is 2.57. The van der Waals surface area contributed by atoms with E-state index in [1.54, 1.807) is 0 Å². The molecule has 6 nitrogen and oxygen atoms in total. The van der Waals surface area contributed by atoms with Gasteiger partial charge in [-0.2, -0.15) is 5.26 Å². The van der Waals surface area contributed by atoms with Crippen molar-refractivity contribution in [2.45, 2.75) is 45.1 Å². The lowest BCUT2D eigenvalue weighted by atomic mass is 9.84. The fraction of sp³-hybridized carbons (Fsp3) is 0.769. The molecular formula is C13H21N3O3. The summed E-state index contributed by atoms with van der Waals surface area (Å²) >= 11 is 0. The van der Waals surface area contributed by atoms with Gasteiger partial charge < -0.3 is 15.3 Å². The summed E-state index contributed by atoms with van der Waals surface area (Å²) in [6.07, 6.45) is 3.45. The van der Waals surface area contributed by atoms with Crippen LogP contribution in [0.4, 0.5) is 4.79 Å². The maximum absolute atomic E-state index is 12.0. The molecule has 0 aromatic heterocycles. The molecule has 2 N–H and O–H groups in total. The average molecular weight is 267 g/mol. The zero-order chi connectivity index (χ0) is 14.3. The first-order chi connectivity index (χ1) is 9.10. The summed E-state index contributed by atoms with van der Waals surface area (Å²) in [6, 6.07) is 1.44. The third-order valence-electron chi connectivity index (χ3n) is 3.55. The molecule has 0 aromatic rings. The van der Waals surface area contributed by atoms with E-state index in [9.17, 15) is 9.59 Å². The van der Waals surface area contributed by atoms with Crippen molar-refractivity contribution in [3.05, 3.63) is 0 Å². The number of urea groups is 1. The van der Waals surface area contributed by atoms with Crippen LogP contribution in [0.15, 0.2) is 0 Å². The molecule has 2 atom stereocenters. The second-order valence-corrected chi connectivity index (χ2v) is 4.77. The van der Waals surface area contributed by atoms with Crippen LogP contribution in [0.3, 0.4) is 0 Å². The number of aliphatic carboxylic acids is 1. The number of nitrogens with one attached hydrogen (secondary N) is 1. The first-order valence-corrected chi connectivity index (χ1v) is 6.75. The summed E-state index contributed by atoms with van der Waals surface area (Å²) in [5.74, 6) is -1.34. The molecule has 1 aliphatic rings. The monoisotopic (exact) mass is 267 g/mol. The first kappa shape index (κ1) is 15.3. The summed E-state index contributed by atoms with van der Waals surface area (Å²) < 4.78 is 0. The lowest BCUT2D eigenvalue weighted by Gasteiger charge is -2.31. The Morgan fingerprint density at radius 3 is 2.68 bits per heavy atom. The molecule has 1 rings (SSSR count). The van der Waals surface area contributed by atoms with Gasteiger partial charge in [-0.15, -0.1) is 0 Å².